The maximum absolute atomic E-state index is 13.1. The fourth-order valence-corrected chi connectivity index (χ4v) is 12.4. The largest absolute Gasteiger partial charge is 0.472 e. The van der Waals surface area contributed by atoms with Gasteiger partial charge in [-0.05, 0) is 135 Å². The first-order valence-electron chi connectivity index (χ1n) is 41.4. The van der Waals surface area contributed by atoms with Gasteiger partial charge in [-0.2, -0.15) is 0 Å². The molecule has 5 atom stereocenters. The topological polar surface area (TPSA) is 237 Å². The summed E-state index contributed by atoms with van der Waals surface area (Å²) in [6.45, 7) is 4.63. The zero-order valence-electron chi connectivity index (χ0n) is 66.6. The van der Waals surface area contributed by atoms with Crippen LogP contribution >= 0.6 is 15.6 Å². The van der Waals surface area contributed by atoms with Gasteiger partial charge in [0.2, 0.25) is 0 Å². The number of carbonyl (C=O) groups is 4. The summed E-state index contributed by atoms with van der Waals surface area (Å²) in [5.74, 6) is -2.31. The van der Waals surface area contributed by atoms with Gasteiger partial charge in [0.05, 0.1) is 26.4 Å². The van der Waals surface area contributed by atoms with Crippen LogP contribution in [0.4, 0.5) is 0 Å². The summed E-state index contributed by atoms with van der Waals surface area (Å²) < 4.78 is 68.6. The van der Waals surface area contributed by atoms with Gasteiger partial charge in [-0.1, -0.05) is 309 Å². The molecule has 0 heterocycles. The molecule has 0 amide bonds. The van der Waals surface area contributed by atoms with E-state index >= 15 is 0 Å². The number of hydrogen-bond donors (Lipinski definition) is 3. The second-order valence-corrected chi connectivity index (χ2v) is 30.2. The van der Waals surface area contributed by atoms with Crippen LogP contribution in [0.5, 0.6) is 0 Å². The van der Waals surface area contributed by atoms with Gasteiger partial charge in [0.15, 0.2) is 12.2 Å². The number of phosphoric ester groups is 2. The highest BCUT2D eigenvalue weighted by Gasteiger charge is 2.30. The first-order valence-corrected chi connectivity index (χ1v) is 44.4. The van der Waals surface area contributed by atoms with Crippen LogP contribution in [0, 0.1) is 0 Å². The van der Waals surface area contributed by atoms with Gasteiger partial charge in [-0.3, -0.25) is 37.3 Å². The molecule has 0 aliphatic carbocycles. The maximum atomic E-state index is 13.1. The van der Waals surface area contributed by atoms with Crippen molar-refractivity contribution >= 4 is 39.5 Å². The van der Waals surface area contributed by atoms with Gasteiger partial charge in [-0.25, -0.2) is 9.13 Å². The van der Waals surface area contributed by atoms with Crippen molar-refractivity contribution in [2.24, 2.45) is 0 Å². The smallest absolute Gasteiger partial charge is 0.462 e. The lowest BCUT2D eigenvalue weighted by molar-refractivity contribution is -0.161. The van der Waals surface area contributed by atoms with Gasteiger partial charge in [0, 0.05) is 25.7 Å². The number of allylic oxidation sites excluding steroid dienone is 22. The van der Waals surface area contributed by atoms with Crippen molar-refractivity contribution in [1.82, 2.24) is 0 Å². The minimum absolute atomic E-state index is 0.0340. The Kier molecular flexibility index (Phi) is 74.8. The third-order valence-corrected chi connectivity index (χ3v) is 19.0. The summed E-state index contributed by atoms with van der Waals surface area (Å²) in [6, 6.07) is 0. The Hall–Kier alpha value is -4.80. The lowest BCUT2D eigenvalue weighted by Gasteiger charge is -2.21. The molecule has 0 aromatic rings. The van der Waals surface area contributed by atoms with Crippen LogP contribution in [0.25, 0.3) is 0 Å². The average Bonchev–Trinajstić information content (AvgIpc) is 0.911. The van der Waals surface area contributed by atoms with E-state index in [9.17, 15) is 43.2 Å². The molecule has 0 saturated heterocycles. The SMILES string of the molecule is CC/C=C\C/C=C\C/C=C\C/C=C\C/C=C\CCCCCC(=O)O[C@H](COC(=O)CCCCCCCCCCCCCCC)COP(=O)(O)OC[C@H](O)COP(=O)(O)OC[C@@H](COC(=O)CC/C=C\C/C=C\C/C=C\C/C=C\C/C=C\CCCCC)OC(=O)CCCCCCC/C=C\CCCCCCCC. The van der Waals surface area contributed by atoms with Crippen molar-refractivity contribution in [2.75, 3.05) is 39.6 Å². The quantitative estimate of drug-likeness (QED) is 0.0169. The Labute approximate surface area is 644 Å². The minimum Gasteiger partial charge on any atom is -0.462 e. The monoisotopic (exact) mass is 1530 g/mol. The Morgan fingerprint density at radius 1 is 0.274 bits per heavy atom. The van der Waals surface area contributed by atoms with E-state index in [0.29, 0.717) is 32.1 Å². The molecule has 2 unspecified atom stereocenters. The van der Waals surface area contributed by atoms with Crippen molar-refractivity contribution in [2.45, 2.75) is 354 Å². The molecule has 106 heavy (non-hydrogen) atoms. The number of ether oxygens (including phenoxy) is 4. The fraction of sp³-hybridized carbons (Fsp3) is 0.701. The molecule has 608 valence electrons. The Morgan fingerprint density at radius 3 is 0.849 bits per heavy atom. The molecule has 0 rings (SSSR count). The molecule has 19 heteroatoms. The van der Waals surface area contributed by atoms with Crippen LogP contribution < -0.4 is 0 Å². The van der Waals surface area contributed by atoms with E-state index in [1.165, 1.54) is 116 Å². The summed E-state index contributed by atoms with van der Waals surface area (Å²) in [5, 5.41) is 10.7. The number of hydrogen-bond acceptors (Lipinski definition) is 15. The van der Waals surface area contributed by atoms with Gasteiger partial charge >= 0.3 is 39.5 Å². The highest BCUT2D eigenvalue weighted by Crippen LogP contribution is 2.45. The number of aliphatic hydroxyl groups is 1. The lowest BCUT2D eigenvalue weighted by Crippen LogP contribution is -2.30. The van der Waals surface area contributed by atoms with E-state index in [0.717, 1.165) is 135 Å². The second kappa shape index (κ2) is 78.3. The highest BCUT2D eigenvalue weighted by atomic mass is 31.2. The number of carbonyl (C=O) groups excluding carboxylic acids is 4. The molecule has 0 saturated carbocycles. The third-order valence-electron chi connectivity index (χ3n) is 17.1. The Morgan fingerprint density at radius 2 is 0.509 bits per heavy atom. The van der Waals surface area contributed by atoms with Crippen LogP contribution in [0.3, 0.4) is 0 Å². The standard InChI is InChI=1S/C87H148O17P2/c1-5-9-13-17-21-25-29-33-36-38-40-42-45-48-52-56-60-64-68-72-85(90)98-78-83(103-86(91)73-69-65-61-57-53-49-44-35-31-27-23-19-15-11-7-3)80-102-106(95,96)100-76-81(88)75-99-105(93,94)101-79-82(77-97-84(89)71-67-63-59-55-51-47-32-28-24-20-16-12-8-4)104-87(92)74-70-66-62-58-54-50-46-43-41-39-37-34-30-26-22-18-14-10-6-2/h10,14,21-22,25-26,33-37,40-44,48,50,52,54,60,64,81-83,88H,5-9,11-13,15-20,23-24,27-32,38-39,45-47,49,51,53,55-59,61-63,65-80H2,1-4H3,(H,93,94)(H,95,96)/b14-10-,25-21-,26-22-,36-33-,37-34-,42-40-,43-41-,44-35-,52-48-,54-50-,64-60-/t81-,82+,83+/m0/s1. The molecule has 0 aliphatic rings. The predicted molar refractivity (Wildman–Crippen MR) is 436 cm³/mol. The van der Waals surface area contributed by atoms with Gasteiger partial charge in [0.1, 0.15) is 19.3 Å². The molecule has 17 nitrogen and oxygen atoms in total. The molecule has 0 aromatic carbocycles. The molecule has 0 aliphatic heterocycles. The van der Waals surface area contributed by atoms with Gasteiger partial charge in [-0.15, -0.1) is 0 Å². The van der Waals surface area contributed by atoms with E-state index in [1.807, 2.05) is 12.2 Å². The van der Waals surface area contributed by atoms with Crippen molar-refractivity contribution in [3.63, 3.8) is 0 Å². The molecule has 0 radical (unpaired) electrons. The summed E-state index contributed by atoms with van der Waals surface area (Å²) in [6.07, 6.45) is 88.6. The third kappa shape index (κ3) is 77.4. The number of unbranched alkanes of at least 4 members (excludes halogenated alkanes) is 29. The zero-order valence-corrected chi connectivity index (χ0v) is 68.4. The number of esters is 4. The number of rotatable bonds is 77. The first kappa shape index (κ1) is 101. The predicted octanol–water partition coefficient (Wildman–Crippen LogP) is 24.4. The Bertz CT molecular complexity index is 2530. The minimum atomic E-state index is -5.00. The maximum Gasteiger partial charge on any atom is 0.472 e. The van der Waals surface area contributed by atoms with E-state index in [1.54, 1.807) is 0 Å². The summed E-state index contributed by atoms with van der Waals surface area (Å²) >= 11 is 0. The second-order valence-electron chi connectivity index (χ2n) is 27.3. The lowest BCUT2D eigenvalue weighted by atomic mass is 10.0. The van der Waals surface area contributed by atoms with E-state index in [4.69, 9.17) is 37.0 Å². The van der Waals surface area contributed by atoms with E-state index < -0.39 is 97.5 Å². The van der Waals surface area contributed by atoms with Crippen LogP contribution in [-0.4, -0.2) is 96.7 Å². The molecular weight excluding hydrogens is 1380 g/mol. The number of aliphatic hydroxyl groups excluding tert-OH is 1. The molecule has 0 spiro atoms. The van der Waals surface area contributed by atoms with Crippen LogP contribution in [-0.2, 0) is 65.4 Å². The van der Waals surface area contributed by atoms with Gasteiger partial charge < -0.3 is 33.8 Å². The van der Waals surface area contributed by atoms with Crippen LogP contribution in [0.2, 0.25) is 0 Å². The molecular formula is C87H148O17P2. The van der Waals surface area contributed by atoms with Crippen molar-refractivity contribution in [3.05, 3.63) is 134 Å². The first-order chi connectivity index (χ1) is 51.7. The van der Waals surface area contributed by atoms with Crippen LogP contribution in [0.15, 0.2) is 134 Å². The number of phosphoric acid groups is 2. The van der Waals surface area contributed by atoms with Crippen molar-refractivity contribution < 1.29 is 80.2 Å². The summed E-state index contributed by atoms with van der Waals surface area (Å²) in [5.41, 5.74) is 0. The van der Waals surface area contributed by atoms with E-state index in [2.05, 4.69) is 149 Å². The fourth-order valence-electron chi connectivity index (χ4n) is 10.8. The summed E-state index contributed by atoms with van der Waals surface area (Å²) in [7, 11) is -10.00. The molecule has 0 aromatic heterocycles. The van der Waals surface area contributed by atoms with Gasteiger partial charge in [0.25, 0.3) is 0 Å². The normalized spacial score (nSPS) is 14.5. The Balaban J connectivity index is 5.46. The van der Waals surface area contributed by atoms with E-state index in [-0.39, 0.29) is 25.7 Å². The molecule has 0 bridgehead atoms. The zero-order chi connectivity index (χ0) is 77.4. The molecule has 0 fully saturated rings. The summed E-state index contributed by atoms with van der Waals surface area (Å²) in [4.78, 5) is 73.1. The van der Waals surface area contributed by atoms with Crippen LogP contribution in [0.1, 0.15) is 336 Å². The highest BCUT2D eigenvalue weighted by molar-refractivity contribution is 7.47. The molecule has 3 N–H and O–H groups in total. The average molecular weight is 1530 g/mol. The van der Waals surface area contributed by atoms with Crippen molar-refractivity contribution in [1.29, 1.82) is 0 Å². The van der Waals surface area contributed by atoms with Crippen molar-refractivity contribution in [3.8, 4) is 0 Å².